The summed E-state index contributed by atoms with van der Waals surface area (Å²) in [5.74, 6) is 0. The van der Waals surface area contributed by atoms with Gasteiger partial charge in [0.1, 0.15) is 0 Å². The Morgan fingerprint density at radius 3 is 1.35 bits per heavy atom. The molecule has 0 aliphatic carbocycles. The topological polar surface area (TPSA) is 90.2 Å². The molecule has 0 aliphatic rings. The zero-order valence-corrected chi connectivity index (χ0v) is 11.8. The quantitative estimate of drug-likeness (QED) is 0.575. The standard InChI is InChI=1S/C5H12O2.C4H10O.C3H8O2/c1-3-5(6)4-7-2;1-3-4(2)5;1-3(5)2-4/h5-6H,3-4H2,1-2H3;4-5H,3H2,1-2H3;3-5H,2H2,1H3. The zero-order chi connectivity index (χ0) is 14.3. The van der Waals surface area contributed by atoms with Gasteiger partial charge in [-0.2, -0.15) is 0 Å². The molecule has 0 saturated carbocycles. The van der Waals surface area contributed by atoms with Gasteiger partial charge in [-0.15, -0.1) is 0 Å². The molecule has 5 nitrogen and oxygen atoms in total. The van der Waals surface area contributed by atoms with Crippen LogP contribution in [0.5, 0.6) is 0 Å². The monoisotopic (exact) mass is 254 g/mol. The molecule has 0 heterocycles. The molecule has 0 amide bonds. The lowest BCUT2D eigenvalue weighted by atomic mass is 10.3. The van der Waals surface area contributed by atoms with Crippen LogP contribution in [0.15, 0.2) is 0 Å². The first-order chi connectivity index (χ1) is 7.85. The van der Waals surface area contributed by atoms with Gasteiger partial charge in [0.2, 0.25) is 0 Å². The van der Waals surface area contributed by atoms with E-state index in [4.69, 9.17) is 20.4 Å². The van der Waals surface area contributed by atoms with Crippen LogP contribution in [0.25, 0.3) is 0 Å². The molecule has 0 aromatic carbocycles. The second-order valence-electron chi connectivity index (χ2n) is 3.81. The van der Waals surface area contributed by atoms with Crippen molar-refractivity contribution in [2.45, 2.75) is 58.8 Å². The third-order valence-electron chi connectivity index (χ3n) is 1.69. The van der Waals surface area contributed by atoms with Gasteiger partial charge < -0.3 is 25.2 Å². The van der Waals surface area contributed by atoms with E-state index < -0.39 is 6.10 Å². The van der Waals surface area contributed by atoms with Gasteiger partial charge in [0.25, 0.3) is 0 Å². The van der Waals surface area contributed by atoms with E-state index in [1.807, 2.05) is 13.8 Å². The van der Waals surface area contributed by atoms with E-state index in [1.165, 1.54) is 6.92 Å². The fourth-order valence-electron chi connectivity index (χ4n) is 0.310. The SMILES string of the molecule is CC(O)CO.CCC(C)O.CCC(O)COC. The Morgan fingerprint density at radius 1 is 0.941 bits per heavy atom. The summed E-state index contributed by atoms with van der Waals surface area (Å²) in [5, 5.41) is 33.1. The predicted octanol–water partition coefficient (Wildman–Crippen LogP) is 0.540. The largest absolute Gasteiger partial charge is 0.394 e. The number of ether oxygens (including phenoxy) is 1. The van der Waals surface area contributed by atoms with Crippen molar-refractivity contribution in [1.29, 1.82) is 0 Å². The minimum Gasteiger partial charge on any atom is -0.394 e. The Hall–Kier alpha value is -0.200. The number of hydrogen-bond acceptors (Lipinski definition) is 5. The summed E-state index contributed by atoms with van der Waals surface area (Å²) in [6.07, 6.45) is 0.684. The van der Waals surface area contributed by atoms with Crippen LogP contribution in [0.2, 0.25) is 0 Å². The summed E-state index contributed by atoms with van der Waals surface area (Å²) < 4.78 is 4.64. The number of aliphatic hydroxyl groups is 4. The summed E-state index contributed by atoms with van der Waals surface area (Å²) in [7, 11) is 1.58. The summed E-state index contributed by atoms with van der Waals surface area (Å²) in [6, 6.07) is 0. The molecule has 17 heavy (non-hydrogen) atoms. The molecule has 5 heteroatoms. The molecule has 0 aromatic rings. The molecular weight excluding hydrogens is 224 g/mol. The Morgan fingerprint density at radius 2 is 1.29 bits per heavy atom. The number of hydrogen-bond donors (Lipinski definition) is 4. The Bertz CT molecular complexity index is 109. The van der Waals surface area contributed by atoms with E-state index in [9.17, 15) is 0 Å². The van der Waals surface area contributed by atoms with Crippen molar-refractivity contribution in [2.75, 3.05) is 20.3 Å². The van der Waals surface area contributed by atoms with Crippen molar-refractivity contribution in [2.24, 2.45) is 0 Å². The average molecular weight is 254 g/mol. The maximum atomic E-state index is 8.73. The second kappa shape index (κ2) is 18.2. The van der Waals surface area contributed by atoms with Crippen molar-refractivity contribution < 1.29 is 25.2 Å². The predicted molar refractivity (Wildman–Crippen MR) is 68.9 cm³/mol. The van der Waals surface area contributed by atoms with Crippen LogP contribution in [0.4, 0.5) is 0 Å². The number of rotatable bonds is 5. The van der Waals surface area contributed by atoms with E-state index in [2.05, 4.69) is 4.74 Å². The lowest BCUT2D eigenvalue weighted by Gasteiger charge is -2.02. The van der Waals surface area contributed by atoms with Gasteiger partial charge in [0, 0.05) is 7.11 Å². The lowest BCUT2D eigenvalue weighted by Crippen LogP contribution is -2.11. The third-order valence-corrected chi connectivity index (χ3v) is 1.69. The number of methoxy groups -OCH3 is 1. The maximum absolute atomic E-state index is 8.73. The molecule has 0 saturated heterocycles. The van der Waals surface area contributed by atoms with E-state index in [-0.39, 0.29) is 18.8 Å². The summed E-state index contributed by atoms with van der Waals surface area (Å²) in [4.78, 5) is 0. The molecule has 0 bridgehead atoms. The highest BCUT2D eigenvalue weighted by Crippen LogP contribution is 1.87. The highest BCUT2D eigenvalue weighted by atomic mass is 16.5. The molecule has 0 spiro atoms. The maximum Gasteiger partial charge on any atom is 0.0770 e. The minimum absolute atomic E-state index is 0.116. The van der Waals surface area contributed by atoms with Crippen LogP contribution in [-0.4, -0.2) is 59.1 Å². The summed E-state index contributed by atoms with van der Waals surface area (Å²) in [5.41, 5.74) is 0. The molecule has 3 atom stereocenters. The van der Waals surface area contributed by atoms with Gasteiger partial charge in [-0.3, -0.25) is 0 Å². The summed E-state index contributed by atoms with van der Waals surface area (Å²) >= 11 is 0. The van der Waals surface area contributed by atoms with Crippen LogP contribution >= 0.6 is 0 Å². The molecule has 0 radical (unpaired) electrons. The van der Waals surface area contributed by atoms with Crippen LogP contribution in [0.1, 0.15) is 40.5 Å². The van der Waals surface area contributed by atoms with Crippen molar-refractivity contribution in [3.8, 4) is 0 Å². The third kappa shape index (κ3) is 38.9. The first-order valence-electron chi connectivity index (χ1n) is 5.99. The van der Waals surface area contributed by atoms with Gasteiger partial charge >= 0.3 is 0 Å². The minimum atomic E-state index is -0.560. The van der Waals surface area contributed by atoms with Crippen LogP contribution in [-0.2, 0) is 4.74 Å². The van der Waals surface area contributed by atoms with Gasteiger partial charge in [-0.1, -0.05) is 13.8 Å². The van der Waals surface area contributed by atoms with E-state index in [0.29, 0.717) is 6.61 Å². The van der Waals surface area contributed by atoms with Crippen molar-refractivity contribution in [1.82, 2.24) is 0 Å². The summed E-state index contributed by atoms with van der Waals surface area (Å²) in [6.45, 7) is 7.49. The molecule has 4 N–H and O–H groups in total. The molecule has 3 unspecified atom stereocenters. The molecular formula is C12H30O5. The highest BCUT2D eigenvalue weighted by molar-refractivity contribution is 4.45. The van der Waals surface area contributed by atoms with Crippen LogP contribution < -0.4 is 0 Å². The first kappa shape index (κ1) is 22.0. The fourth-order valence-corrected chi connectivity index (χ4v) is 0.310. The fraction of sp³-hybridized carbons (Fsp3) is 1.00. The van der Waals surface area contributed by atoms with Crippen molar-refractivity contribution in [3.63, 3.8) is 0 Å². The second-order valence-corrected chi connectivity index (χ2v) is 3.81. The Labute approximate surface area is 105 Å². The number of aliphatic hydroxyl groups excluding tert-OH is 4. The molecule has 108 valence electrons. The average Bonchev–Trinajstić information content (AvgIpc) is 2.30. The molecule has 0 fully saturated rings. The lowest BCUT2D eigenvalue weighted by molar-refractivity contribution is 0.0625. The van der Waals surface area contributed by atoms with Gasteiger partial charge in [-0.05, 0) is 26.7 Å². The van der Waals surface area contributed by atoms with E-state index in [1.54, 1.807) is 14.0 Å². The van der Waals surface area contributed by atoms with Crippen molar-refractivity contribution in [3.05, 3.63) is 0 Å². The van der Waals surface area contributed by atoms with Crippen LogP contribution in [0, 0.1) is 0 Å². The highest BCUT2D eigenvalue weighted by Gasteiger charge is 1.95. The zero-order valence-electron chi connectivity index (χ0n) is 11.8. The molecule has 0 aliphatic heterocycles. The van der Waals surface area contributed by atoms with Gasteiger partial charge in [0.15, 0.2) is 0 Å². The molecule has 0 rings (SSSR count). The normalized spacial score (nSPS) is 14.6. The van der Waals surface area contributed by atoms with E-state index in [0.717, 1.165) is 12.8 Å². The first-order valence-corrected chi connectivity index (χ1v) is 5.99. The van der Waals surface area contributed by atoms with E-state index >= 15 is 0 Å². The van der Waals surface area contributed by atoms with Crippen molar-refractivity contribution >= 4 is 0 Å². The smallest absolute Gasteiger partial charge is 0.0770 e. The molecule has 0 aromatic heterocycles. The Balaban J connectivity index is -0.000000177. The van der Waals surface area contributed by atoms with Gasteiger partial charge in [-0.25, -0.2) is 0 Å². The van der Waals surface area contributed by atoms with Crippen LogP contribution in [0.3, 0.4) is 0 Å². The van der Waals surface area contributed by atoms with Gasteiger partial charge in [0.05, 0.1) is 31.5 Å². The Kier molecular flexibility index (Phi) is 23.5.